The molecule has 0 aliphatic carbocycles. The number of rotatable bonds is 4. The van der Waals surface area contributed by atoms with Gasteiger partial charge in [0.1, 0.15) is 0 Å². The van der Waals surface area contributed by atoms with Crippen molar-refractivity contribution < 1.29 is 0 Å². The third-order valence-corrected chi connectivity index (χ3v) is 5.09. The Hall–Kier alpha value is -3.11. The molecule has 2 N–H and O–H groups in total. The van der Waals surface area contributed by atoms with Crippen LogP contribution >= 0.6 is 11.8 Å². The van der Waals surface area contributed by atoms with Gasteiger partial charge in [-0.15, -0.1) is 11.8 Å². The second-order valence-corrected chi connectivity index (χ2v) is 7.03. The first-order chi connectivity index (χ1) is 13.2. The molecule has 0 saturated carbocycles. The first kappa shape index (κ1) is 17.3. The summed E-state index contributed by atoms with van der Waals surface area (Å²) in [6, 6.07) is 28.2. The summed E-state index contributed by atoms with van der Waals surface area (Å²) in [7, 11) is 0. The Kier molecular flexibility index (Phi) is 4.90. The smallest absolute Gasteiger partial charge is 0.160 e. The summed E-state index contributed by atoms with van der Waals surface area (Å²) in [5, 5.41) is 0. The Balaban J connectivity index is 1.94. The van der Waals surface area contributed by atoms with Crippen molar-refractivity contribution in [1.29, 1.82) is 0 Å². The van der Waals surface area contributed by atoms with Gasteiger partial charge in [0, 0.05) is 27.3 Å². The van der Waals surface area contributed by atoms with E-state index >= 15 is 0 Å². The predicted octanol–water partition coefficient (Wildman–Crippen LogP) is 5.78. The van der Waals surface area contributed by atoms with Gasteiger partial charge in [0.05, 0.1) is 11.4 Å². The maximum absolute atomic E-state index is 6.28. The number of nitrogen functional groups attached to an aromatic ring is 1. The highest BCUT2D eigenvalue weighted by Gasteiger charge is 2.12. The molecule has 4 rings (SSSR count). The van der Waals surface area contributed by atoms with E-state index < -0.39 is 0 Å². The minimum absolute atomic E-state index is 0.695. The molecule has 4 heteroatoms. The second kappa shape index (κ2) is 7.64. The fourth-order valence-electron chi connectivity index (χ4n) is 2.94. The van der Waals surface area contributed by atoms with Gasteiger partial charge in [-0.1, -0.05) is 60.7 Å². The lowest BCUT2D eigenvalue weighted by atomic mass is 10.1. The third kappa shape index (κ3) is 3.71. The van der Waals surface area contributed by atoms with Gasteiger partial charge in [-0.2, -0.15) is 0 Å². The van der Waals surface area contributed by atoms with E-state index in [4.69, 9.17) is 15.7 Å². The number of hydrogen-bond acceptors (Lipinski definition) is 4. The Morgan fingerprint density at radius 2 is 1.33 bits per heavy atom. The van der Waals surface area contributed by atoms with Crippen molar-refractivity contribution in [2.45, 2.75) is 4.90 Å². The molecule has 0 bridgehead atoms. The maximum Gasteiger partial charge on any atom is 0.160 e. The highest BCUT2D eigenvalue weighted by atomic mass is 32.2. The van der Waals surface area contributed by atoms with E-state index in [9.17, 15) is 0 Å². The lowest BCUT2D eigenvalue weighted by Gasteiger charge is -2.11. The van der Waals surface area contributed by atoms with Crippen LogP contribution in [-0.2, 0) is 0 Å². The topological polar surface area (TPSA) is 51.8 Å². The summed E-state index contributed by atoms with van der Waals surface area (Å²) < 4.78 is 0. The monoisotopic (exact) mass is 369 g/mol. The minimum atomic E-state index is 0.695. The molecule has 0 unspecified atom stereocenters. The highest BCUT2D eigenvalue weighted by molar-refractivity contribution is 7.98. The number of hydrogen-bond donors (Lipinski definition) is 1. The quantitative estimate of drug-likeness (QED) is 0.366. The predicted molar refractivity (Wildman–Crippen MR) is 115 cm³/mol. The van der Waals surface area contributed by atoms with Crippen molar-refractivity contribution >= 4 is 17.4 Å². The molecule has 1 heterocycles. The van der Waals surface area contributed by atoms with Crippen LogP contribution in [0.1, 0.15) is 0 Å². The first-order valence-corrected chi connectivity index (χ1v) is 9.91. The third-order valence-electron chi connectivity index (χ3n) is 4.36. The van der Waals surface area contributed by atoms with E-state index in [0.717, 1.165) is 33.0 Å². The molecule has 0 aliphatic heterocycles. The zero-order valence-electron chi connectivity index (χ0n) is 15.0. The largest absolute Gasteiger partial charge is 0.398 e. The van der Waals surface area contributed by atoms with Crippen LogP contribution in [-0.4, -0.2) is 16.2 Å². The molecule has 0 amide bonds. The van der Waals surface area contributed by atoms with Crippen LogP contribution in [0.25, 0.3) is 33.9 Å². The van der Waals surface area contributed by atoms with Crippen LogP contribution in [0.2, 0.25) is 0 Å². The van der Waals surface area contributed by atoms with E-state index in [1.165, 1.54) is 0 Å². The van der Waals surface area contributed by atoms with Gasteiger partial charge >= 0.3 is 0 Å². The van der Waals surface area contributed by atoms with Gasteiger partial charge in [-0.25, -0.2) is 9.97 Å². The summed E-state index contributed by atoms with van der Waals surface area (Å²) in [5.41, 5.74) is 11.7. The molecular weight excluding hydrogens is 350 g/mol. The molecule has 132 valence electrons. The molecule has 0 saturated heterocycles. The van der Waals surface area contributed by atoms with Crippen molar-refractivity contribution in [3.8, 4) is 33.9 Å². The molecule has 0 fully saturated rings. The average Bonchev–Trinajstić information content (AvgIpc) is 2.75. The lowest BCUT2D eigenvalue weighted by molar-refractivity contribution is 1.18. The molecule has 27 heavy (non-hydrogen) atoms. The number of thioether (sulfide) groups is 1. The molecule has 4 aromatic rings. The number of aromatic nitrogens is 2. The molecule has 0 atom stereocenters. The summed E-state index contributed by atoms with van der Waals surface area (Å²) in [6.45, 7) is 0. The van der Waals surface area contributed by atoms with Crippen molar-refractivity contribution in [3.63, 3.8) is 0 Å². The molecule has 0 radical (unpaired) electrons. The summed E-state index contributed by atoms with van der Waals surface area (Å²) in [6.07, 6.45) is 2.06. The van der Waals surface area contributed by atoms with Crippen molar-refractivity contribution in [2.75, 3.05) is 12.0 Å². The van der Waals surface area contributed by atoms with Gasteiger partial charge in [0.15, 0.2) is 5.82 Å². The minimum Gasteiger partial charge on any atom is -0.398 e. The number of nitrogens with two attached hydrogens (primary N) is 1. The van der Waals surface area contributed by atoms with Gasteiger partial charge < -0.3 is 5.73 Å². The van der Waals surface area contributed by atoms with E-state index in [0.29, 0.717) is 11.5 Å². The summed E-state index contributed by atoms with van der Waals surface area (Å²) >= 11 is 1.69. The lowest BCUT2D eigenvalue weighted by Crippen LogP contribution is -1.98. The van der Waals surface area contributed by atoms with Crippen LogP contribution in [0.3, 0.4) is 0 Å². The van der Waals surface area contributed by atoms with Gasteiger partial charge in [-0.3, -0.25) is 0 Å². The fraction of sp³-hybridized carbons (Fsp3) is 0.0435. The molecule has 0 spiro atoms. The average molecular weight is 369 g/mol. The molecule has 1 aromatic heterocycles. The summed E-state index contributed by atoms with van der Waals surface area (Å²) in [4.78, 5) is 10.8. The molecule has 3 nitrogen and oxygen atoms in total. The van der Waals surface area contributed by atoms with E-state index in [1.807, 2.05) is 66.7 Å². The van der Waals surface area contributed by atoms with E-state index in [-0.39, 0.29) is 0 Å². The summed E-state index contributed by atoms with van der Waals surface area (Å²) in [5.74, 6) is 0.695. The Labute approximate surface area is 163 Å². The molecular formula is C23H19N3S. The van der Waals surface area contributed by atoms with Crippen LogP contribution in [0, 0.1) is 0 Å². The van der Waals surface area contributed by atoms with Crippen LogP contribution in [0.15, 0.2) is 89.8 Å². The van der Waals surface area contributed by atoms with E-state index in [1.54, 1.807) is 11.8 Å². The Bertz CT molecular complexity index is 1010. The highest BCUT2D eigenvalue weighted by Crippen LogP contribution is 2.32. The van der Waals surface area contributed by atoms with Crippen LogP contribution in [0.4, 0.5) is 5.69 Å². The Morgan fingerprint density at radius 1 is 0.704 bits per heavy atom. The second-order valence-electron chi connectivity index (χ2n) is 6.15. The number of anilines is 1. The molecule has 3 aromatic carbocycles. The van der Waals surface area contributed by atoms with Crippen molar-refractivity contribution in [2.24, 2.45) is 0 Å². The number of nitrogens with zero attached hydrogens (tertiary/aromatic N) is 2. The standard InChI is InChI=1S/C23H19N3S/c1-27-18-12-13-20(24)19(14-18)22-15-21(16-8-4-2-5-9-16)25-23(26-22)17-10-6-3-7-11-17/h2-15H,24H2,1H3. The normalized spacial score (nSPS) is 10.7. The van der Waals surface area contributed by atoms with Crippen molar-refractivity contribution in [1.82, 2.24) is 9.97 Å². The Morgan fingerprint density at radius 3 is 2.00 bits per heavy atom. The van der Waals surface area contributed by atoms with Gasteiger partial charge in [0.25, 0.3) is 0 Å². The van der Waals surface area contributed by atoms with E-state index in [2.05, 4.69) is 24.5 Å². The first-order valence-electron chi connectivity index (χ1n) is 8.68. The van der Waals surface area contributed by atoms with Gasteiger partial charge in [0.2, 0.25) is 0 Å². The van der Waals surface area contributed by atoms with Crippen molar-refractivity contribution in [3.05, 3.63) is 84.9 Å². The van der Waals surface area contributed by atoms with Crippen LogP contribution in [0.5, 0.6) is 0 Å². The SMILES string of the molecule is CSc1ccc(N)c(-c2cc(-c3ccccc3)nc(-c3ccccc3)n2)c1. The zero-order valence-corrected chi connectivity index (χ0v) is 15.8. The zero-order chi connectivity index (χ0) is 18.6. The maximum atomic E-state index is 6.28. The fourth-order valence-corrected chi connectivity index (χ4v) is 3.38. The van der Waals surface area contributed by atoms with Gasteiger partial charge in [-0.05, 0) is 30.5 Å². The number of benzene rings is 3. The molecule has 0 aliphatic rings. The van der Waals surface area contributed by atoms with Crippen LogP contribution < -0.4 is 5.73 Å².